The van der Waals surface area contributed by atoms with E-state index >= 15 is 0 Å². The zero-order valence-electron chi connectivity index (χ0n) is 36.4. The van der Waals surface area contributed by atoms with Crippen LogP contribution in [0.2, 0.25) is 0 Å². The zero-order chi connectivity index (χ0) is 46.9. The molecule has 0 aliphatic heterocycles. The highest BCUT2D eigenvalue weighted by molar-refractivity contribution is 5.97. The first-order valence-electron chi connectivity index (χ1n) is 21.2. The van der Waals surface area contributed by atoms with Gasteiger partial charge in [0.15, 0.2) is 5.96 Å². The molecule has 7 amide bonds. The topological polar surface area (TPSA) is 314 Å². The van der Waals surface area contributed by atoms with E-state index in [4.69, 9.17) is 17.2 Å². The first kappa shape index (κ1) is 51.5. The van der Waals surface area contributed by atoms with Crippen LogP contribution >= 0.6 is 0 Å². The number of unbranched alkanes of at least 4 members (excludes halogenated alkanes) is 1. The highest BCUT2D eigenvalue weighted by atomic mass is 16.3. The maximum absolute atomic E-state index is 14.2. The number of benzene rings is 3. The van der Waals surface area contributed by atoms with Gasteiger partial charge in [0.1, 0.15) is 30.2 Å². The molecule has 0 aromatic heterocycles. The first-order valence-corrected chi connectivity index (χ1v) is 21.2. The molecule has 3 rings (SSSR count). The van der Waals surface area contributed by atoms with E-state index in [1.165, 1.54) is 0 Å². The number of carbonyl (C=O) groups is 7. The molecule has 5 atom stereocenters. The van der Waals surface area contributed by atoms with E-state index in [0.29, 0.717) is 43.0 Å². The predicted molar refractivity (Wildman–Crippen MR) is 242 cm³/mol. The molecular weight excluding hydrogens is 823 g/mol. The molecule has 3 aromatic carbocycles. The Kier molecular flexibility index (Phi) is 22.5. The summed E-state index contributed by atoms with van der Waals surface area (Å²) in [4.78, 5) is 96.9. The predicted octanol–water partition coefficient (Wildman–Crippen LogP) is -1.58. The van der Waals surface area contributed by atoms with E-state index in [2.05, 4.69) is 42.2 Å². The number of nitrogens with one attached hydrogen (secondary N) is 7. The lowest BCUT2D eigenvalue weighted by atomic mass is 10.0. The second-order valence-corrected chi connectivity index (χ2v) is 15.5. The summed E-state index contributed by atoms with van der Waals surface area (Å²) in [5.41, 5.74) is 19.0. The molecule has 0 saturated heterocycles. The average Bonchev–Trinajstić information content (AvgIpc) is 3.28. The molecule has 0 heterocycles. The van der Waals surface area contributed by atoms with Crippen molar-refractivity contribution < 1.29 is 38.7 Å². The molecule has 0 fully saturated rings. The number of hydrogen-bond acceptors (Lipinski definition) is 10. The Labute approximate surface area is 373 Å². The summed E-state index contributed by atoms with van der Waals surface area (Å²) in [6, 6.07) is 19.9. The lowest BCUT2D eigenvalue weighted by Gasteiger charge is -2.27. The molecule has 19 heteroatoms. The van der Waals surface area contributed by atoms with Crippen molar-refractivity contribution in [2.75, 3.05) is 32.8 Å². The third-order valence-electron chi connectivity index (χ3n) is 9.73. The van der Waals surface area contributed by atoms with E-state index in [9.17, 15) is 38.7 Å². The normalized spacial score (nSPS) is 13.5. The fourth-order valence-electron chi connectivity index (χ4n) is 6.27. The molecule has 0 spiro atoms. The van der Waals surface area contributed by atoms with Gasteiger partial charge in [-0.15, -0.1) is 0 Å². The van der Waals surface area contributed by atoms with Gasteiger partial charge in [0.25, 0.3) is 0 Å². The molecule has 19 nitrogen and oxygen atoms in total. The van der Waals surface area contributed by atoms with Gasteiger partial charge >= 0.3 is 0 Å². The van der Waals surface area contributed by atoms with Gasteiger partial charge in [-0.25, -0.2) is 0 Å². The number of nitrogens with two attached hydrogens (primary N) is 3. The van der Waals surface area contributed by atoms with Crippen molar-refractivity contribution in [2.45, 2.75) is 82.6 Å². The number of hydrogen-bond donors (Lipinski definition) is 11. The van der Waals surface area contributed by atoms with Crippen LogP contribution in [0.3, 0.4) is 0 Å². The second kappa shape index (κ2) is 28.0. The highest BCUT2D eigenvalue weighted by Gasteiger charge is 2.32. The number of carbonyl (C=O) groups excluding carboxylic acids is 7. The number of nitrogens with zero attached hydrogens (tertiary/aromatic N) is 1. The minimum Gasteiger partial charge on any atom is -0.394 e. The summed E-state index contributed by atoms with van der Waals surface area (Å²) < 4.78 is 0. The minimum absolute atomic E-state index is 0.0113. The number of primary amides is 1. The van der Waals surface area contributed by atoms with Crippen molar-refractivity contribution in [2.24, 2.45) is 28.1 Å². The van der Waals surface area contributed by atoms with E-state index in [1.54, 1.807) is 84.9 Å². The fourth-order valence-corrected chi connectivity index (χ4v) is 6.27. The van der Waals surface area contributed by atoms with Crippen LogP contribution in [0.1, 0.15) is 49.8 Å². The van der Waals surface area contributed by atoms with E-state index < -0.39 is 84.7 Å². The van der Waals surface area contributed by atoms with E-state index in [1.807, 2.05) is 19.9 Å². The third-order valence-corrected chi connectivity index (χ3v) is 9.73. The largest absolute Gasteiger partial charge is 0.394 e. The van der Waals surface area contributed by atoms with Crippen molar-refractivity contribution in [3.63, 3.8) is 0 Å². The Balaban J connectivity index is 1.83. The maximum Gasteiger partial charge on any atom is 0.245 e. The molecule has 64 heavy (non-hydrogen) atoms. The monoisotopic (exact) mass is 885 g/mol. The van der Waals surface area contributed by atoms with Gasteiger partial charge in [0.05, 0.1) is 19.7 Å². The van der Waals surface area contributed by atoms with Gasteiger partial charge in [0.2, 0.25) is 41.4 Å². The lowest BCUT2D eigenvalue weighted by molar-refractivity contribution is -0.135. The van der Waals surface area contributed by atoms with Crippen LogP contribution in [0.25, 0.3) is 0 Å². The SMILES string of the molecule is CC(C)CN=C(N)NCCCC[C@H](NC(=O)[C@H](Cc1ccccc1)NC(=O)[C@H](CO)NC(=O)[C@H](Cc1ccccc1)NC(=O)CNC(=O)CN)C(=O)N[C@@H](Cc1ccccc1)C(N)=O. The molecule has 0 aliphatic rings. The van der Waals surface area contributed by atoms with Crippen molar-refractivity contribution in [3.8, 4) is 0 Å². The Morgan fingerprint density at radius 3 is 1.48 bits per heavy atom. The molecule has 0 radical (unpaired) electrons. The van der Waals surface area contributed by atoms with Crippen molar-refractivity contribution in [3.05, 3.63) is 108 Å². The molecule has 0 bridgehead atoms. The standard InChI is InChI=1S/C45H63N11O8/c1-29(2)26-51-45(48)49-21-13-12-20-33(41(61)54-34(40(47)60)22-30-14-6-3-7-15-30)53-43(63)36(24-32-18-10-5-11-19-32)55-44(64)37(28-57)56-42(62)35(23-31-16-8-4-9-17-31)52-39(59)27-50-38(58)25-46/h3-11,14-19,29,33-37,57H,12-13,20-28,46H2,1-2H3,(H2,47,60)(H,50,58)(H,52,59)(H,53,63)(H,54,61)(H,55,64)(H,56,62)(H3,48,49,51)/t33-,34-,35-,36-,37-/m0/s1. The molecule has 346 valence electrons. The number of aliphatic hydroxyl groups is 1. The van der Waals surface area contributed by atoms with Gasteiger partial charge in [-0.3, -0.25) is 38.6 Å². The van der Waals surface area contributed by atoms with Crippen LogP contribution in [-0.2, 0) is 52.8 Å². The summed E-state index contributed by atoms with van der Waals surface area (Å²) in [5.74, 6) is -4.70. The van der Waals surface area contributed by atoms with Gasteiger partial charge in [-0.05, 0) is 41.9 Å². The minimum atomic E-state index is -1.59. The van der Waals surface area contributed by atoms with Crippen LogP contribution in [0, 0.1) is 5.92 Å². The quantitative estimate of drug-likeness (QED) is 0.0236. The van der Waals surface area contributed by atoms with Crippen LogP contribution in [0.5, 0.6) is 0 Å². The maximum atomic E-state index is 14.2. The van der Waals surface area contributed by atoms with Crippen LogP contribution in [-0.4, -0.2) is 115 Å². The molecule has 0 saturated carbocycles. The highest BCUT2D eigenvalue weighted by Crippen LogP contribution is 2.10. The lowest BCUT2D eigenvalue weighted by Crippen LogP contribution is -2.60. The summed E-state index contributed by atoms with van der Waals surface area (Å²) in [5, 5.41) is 28.8. The number of aliphatic imine (C=N–C) groups is 1. The average molecular weight is 886 g/mol. The summed E-state index contributed by atoms with van der Waals surface area (Å²) in [6.45, 7) is 3.30. The molecule has 0 aliphatic carbocycles. The molecule has 14 N–H and O–H groups in total. The second-order valence-electron chi connectivity index (χ2n) is 15.5. The smallest absolute Gasteiger partial charge is 0.245 e. The fraction of sp³-hybridized carbons (Fsp3) is 0.422. The summed E-state index contributed by atoms with van der Waals surface area (Å²) >= 11 is 0. The van der Waals surface area contributed by atoms with E-state index in [0.717, 1.165) is 5.56 Å². The first-order chi connectivity index (χ1) is 30.7. The third kappa shape index (κ3) is 19.5. The van der Waals surface area contributed by atoms with Gasteiger partial charge < -0.3 is 59.5 Å². The van der Waals surface area contributed by atoms with E-state index in [-0.39, 0.29) is 38.2 Å². The zero-order valence-corrected chi connectivity index (χ0v) is 36.4. The Hall–Kier alpha value is -6.86. The molecule has 3 aromatic rings. The number of guanidine groups is 1. The number of amides is 7. The number of rotatable bonds is 27. The van der Waals surface area contributed by atoms with Crippen LogP contribution in [0.4, 0.5) is 0 Å². The summed E-state index contributed by atoms with van der Waals surface area (Å²) in [6.07, 6.45) is 1.08. The Bertz CT molecular complexity index is 1990. The van der Waals surface area contributed by atoms with Crippen molar-refractivity contribution >= 4 is 47.3 Å². The molecule has 0 unspecified atom stereocenters. The van der Waals surface area contributed by atoms with Crippen molar-refractivity contribution in [1.29, 1.82) is 0 Å². The Morgan fingerprint density at radius 2 is 1.00 bits per heavy atom. The number of aliphatic hydroxyl groups excluding tert-OH is 1. The summed E-state index contributed by atoms with van der Waals surface area (Å²) in [7, 11) is 0. The molecular formula is C45H63N11O8. The Morgan fingerprint density at radius 1 is 0.562 bits per heavy atom. The van der Waals surface area contributed by atoms with Gasteiger partial charge in [-0.1, -0.05) is 105 Å². The van der Waals surface area contributed by atoms with Gasteiger partial charge in [-0.2, -0.15) is 0 Å². The van der Waals surface area contributed by atoms with Crippen LogP contribution < -0.4 is 54.4 Å². The van der Waals surface area contributed by atoms with Crippen LogP contribution in [0.15, 0.2) is 96.0 Å². The van der Waals surface area contributed by atoms with Gasteiger partial charge in [0, 0.05) is 32.4 Å². The van der Waals surface area contributed by atoms with Crippen molar-refractivity contribution in [1.82, 2.24) is 37.2 Å².